The van der Waals surface area contributed by atoms with E-state index in [0.717, 1.165) is 37.9 Å². The topological polar surface area (TPSA) is 72.9 Å². The lowest BCUT2D eigenvalue weighted by atomic mass is 9.88. The van der Waals surface area contributed by atoms with E-state index in [-0.39, 0.29) is 35.3 Å². The van der Waals surface area contributed by atoms with Crippen molar-refractivity contribution in [3.05, 3.63) is 39.9 Å². The number of β-amino-alcohol motifs (C(OH)–C–C–N with tert-alkyl or cyclic N) is 1. The summed E-state index contributed by atoms with van der Waals surface area (Å²) in [6.07, 6.45) is 6.68. The molecule has 2 aliphatic heterocycles. The van der Waals surface area contributed by atoms with E-state index in [2.05, 4.69) is 15.1 Å². The maximum Gasteiger partial charge on any atom is 0.237 e. The van der Waals surface area contributed by atoms with Gasteiger partial charge in [0.2, 0.25) is 5.91 Å². The van der Waals surface area contributed by atoms with E-state index in [1.54, 1.807) is 24.3 Å². The Morgan fingerprint density at radius 3 is 2.75 bits per heavy atom. The van der Waals surface area contributed by atoms with Crippen LogP contribution in [0.3, 0.4) is 0 Å². The molecule has 0 bridgehead atoms. The number of rotatable bonds is 7. The smallest absolute Gasteiger partial charge is 0.237 e. The minimum absolute atomic E-state index is 0.00383. The molecule has 2 N–H and O–H groups in total. The number of hydrogen-bond acceptors (Lipinski definition) is 5. The lowest BCUT2D eigenvalue weighted by molar-refractivity contribution is -0.128. The summed E-state index contributed by atoms with van der Waals surface area (Å²) >= 11 is 12.1. The third-order valence-electron chi connectivity index (χ3n) is 7.37. The fourth-order valence-electron chi connectivity index (χ4n) is 4.90. The predicted molar refractivity (Wildman–Crippen MR) is 127 cm³/mol. The SMILES string of the molecule is CC1C(=O)NCCN1CCC(C(=O)/C=C/c1ccc(Cl)c(Cl)c1)N1CCC2(CC2)[C@H](O)C1. The largest absolute Gasteiger partial charge is 0.391 e. The number of piperazine rings is 1. The highest BCUT2D eigenvalue weighted by Gasteiger charge is 2.52. The summed E-state index contributed by atoms with van der Waals surface area (Å²) in [4.78, 5) is 29.6. The highest BCUT2D eigenvalue weighted by Crippen LogP contribution is 2.53. The molecule has 0 aromatic heterocycles. The molecule has 8 heteroatoms. The van der Waals surface area contributed by atoms with E-state index in [1.165, 1.54) is 0 Å². The quantitative estimate of drug-likeness (QED) is 0.588. The maximum absolute atomic E-state index is 13.3. The van der Waals surface area contributed by atoms with E-state index in [0.29, 0.717) is 36.1 Å². The third-order valence-corrected chi connectivity index (χ3v) is 8.11. The molecule has 1 saturated carbocycles. The predicted octanol–water partition coefficient (Wildman–Crippen LogP) is 3.00. The van der Waals surface area contributed by atoms with Crippen molar-refractivity contribution < 1.29 is 14.7 Å². The number of nitrogens with one attached hydrogen (secondary N) is 1. The van der Waals surface area contributed by atoms with E-state index >= 15 is 0 Å². The first-order chi connectivity index (χ1) is 15.3. The van der Waals surface area contributed by atoms with E-state index < -0.39 is 0 Å². The number of carbonyl (C=O) groups is 2. The number of halogens is 2. The summed E-state index contributed by atoms with van der Waals surface area (Å²) in [7, 11) is 0. The molecular formula is C24H31Cl2N3O3. The van der Waals surface area contributed by atoms with E-state index in [1.807, 2.05) is 13.0 Å². The van der Waals surface area contributed by atoms with Gasteiger partial charge in [0.1, 0.15) is 0 Å². The lowest BCUT2D eigenvalue weighted by Gasteiger charge is -2.41. The fourth-order valence-corrected chi connectivity index (χ4v) is 5.21. The molecule has 6 nitrogen and oxygen atoms in total. The van der Waals surface area contributed by atoms with Crippen LogP contribution in [0.1, 0.15) is 38.2 Å². The summed E-state index contributed by atoms with van der Waals surface area (Å²) in [5, 5.41) is 14.5. The first-order valence-corrected chi connectivity index (χ1v) is 12.2. The van der Waals surface area contributed by atoms with Crippen molar-refractivity contribution in [3.63, 3.8) is 0 Å². The molecule has 32 heavy (non-hydrogen) atoms. The van der Waals surface area contributed by atoms with Gasteiger partial charge in [-0.25, -0.2) is 0 Å². The molecule has 174 valence electrons. The van der Waals surface area contributed by atoms with Crippen LogP contribution in [0.4, 0.5) is 0 Å². The molecule has 3 fully saturated rings. The molecule has 1 aliphatic carbocycles. The third kappa shape index (κ3) is 5.20. The van der Waals surface area contributed by atoms with Gasteiger partial charge in [-0.2, -0.15) is 0 Å². The Labute approximate surface area is 199 Å². The van der Waals surface area contributed by atoms with Gasteiger partial charge in [0.15, 0.2) is 5.78 Å². The molecule has 0 radical (unpaired) electrons. The summed E-state index contributed by atoms with van der Waals surface area (Å²) in [5.41, 5.74) is 0.892. The second-order valence-electron chi connectivity index (χ2n) is 9.34. The second-order valence-corrected chi connectivity index (χ2v) is 10.2. The monoisotopic (exact) mass is 479 g/mol. The standard InChI is InChI=1S/C24H31Cl2N3O3/c1-16-23(32)27-10-13-28(16)11-6-20(29-12-9-24(7-8-24)22(31)15-29)21(30)5-3-17-2-4-18(25)19(26)14-17/h2-5,14,16,20,22,31H,6-13,15H2,1H3,(H,27,32)/b5-3+/t16?,20?,22-/m1/s1. The summed E-state index contributed by atoms with van der Waals surface area (Å²) in [6, 6.07) is 4.73. The van der Waals surface area contributed by atoms with Crippen molar-refractivity contribution in [2.75, 3.05) is 32.7 Å². The molecule has 2 heterocycles. The highest BCUT2D eigenvalue weighted by molar-refractivity contribution is 6.42. The van der Waals surface area contributed by atoms with Gasteiger partial charge in [0.25, 0.3) is 0 Å². The minimum atomic E-state index is -0.384. The van der Waals surface area contributed by atoms with Gasteiger partial charge in [-0.3, -0.25) is 19.4 Å². The molecule has 1 aromatic carbocycles. The maximum atomic E-state index is 13.3. The number of likely N-dealkylation sites (tertiary alicyclic amines) is 1. The Morgan fingerprint density at radius 2 is 2.06 bits per heavy atom. The van der Waals surface area contributed by atoms with Crippen molar-refractivity contribution in [2.45, 2.75) is 50.8 Å². The number of carbonyl (C=O) groups excluding carboxylic acids is 2. The van der Waals surface area contributed by atoms with Gasteiger partial charge < -0.3 is 10.4 Å². The van der Waals surface area contributed by atoms with Crippen molar-refractivity contribution in [1.29, 1.82) is 0 Å². The normalized spacial score (nSPS) is 26.9. The van der Waals surface area contributed by atoms with Crippen LogP contribution in [0.5, 0.6) is 0 Å². The van der Waals surface area contributed by atoms with Crippen LogP contribution in [0.25, 0.3) is 6.08 Å². The molecule has 1 aromatic rings. The molecule has 4 rings (SSSR count). The average Bonchev–Trinajstić information content (AvgIpc) is 3.55. The van der Waals surface area contributed by atoms with Crippen molar-refractivity contribution in [3.8, 4) is 0 Å². The molecule has 1 amide bonds. The Balaban J connectivity index is 1.47. The first kappa shape index (κ1) is 23.7. The second kappa shape index (κ2) is 9.82. The van der Waals surface area contributed by atoms with Crippen molar-refractivity contribution >= 4 is 41.0 Å². The van der Waals surface area contributed by atoms with Gasteiger partial charge in [-0.15, -0.1) is 0 Å². The Bertz CT molecular complexity index is 902. The highest BCUT2D eigenvalue weighted by atomic mass is 35.5. The van der Waals surface area contributed by atoms with Crippen LogP contribution in [-0.4, -0.2) is 77.5 Å². The number of piperidine rings is 1. The van der Waals surface area contributed by atoms with Gasteiger partial charge in [0.05, 0.1) is 28.2 Å². The summed E-state index contributed by atoms with van der Waals surface area (Å²) in [5.74, 6) is 0.0341. The molecule has 3 atom stereocenters. The Kier molecular flexibility index (Phi) is 7.27. The van der Waals surface area contributed by atoms with Crippen LogP contribution >= 0.6 is 23.2 Å². The zero-order chi connectivity index (χ0) is 22.9. The van der Waals surface area contributed by atoms with Crippen LogP contribution < -0.4 is 5.32 Å². The van der Waals surface area contributed by atoms with Crippen molar-refractivity contribution in [1.82, 2.24) is 15.1 Å². The number of amides is 1. The number of hydrogen-bond donors (Lipinski definition) is 2. The van der Waals surface area contributed by atoms with Gasteiger partial charge in [-0.1, -0.05) is 35.3 Å². The minimum Gasteiger partial charge on any atom is -0.391 e. The van der Waals surface area contributed by atoms with Crippen LogP contribution in [0.15, 0.2) is 24.3 Å². The molecule has 1 spiro atoms. The number of ketones is 1. The Hall–Kier alpha value is -1.44. The van der Waals surface area contributed by atoms with Crippen LogP contribution in [-0.2, 0) is 9.59 Å². The summed E-state index contributed by atoms with van der Waals surface area (Å²) in [6.45, 7) is 5.29. The average molecular weight is 480 g/mol. The number of nitrogens with zero attached hydrogens (tertiary/aromatic N) is 2. The van der Waals surface area contributed by atoms with Gasteiger partial charge >= 0.3 is 0 Å². The van der Waals surface area contributed by atoms with E-state index in [9.17, 15) is 14.7 Å². The van der Waals surface area contributed by atoms with Gasteiger partial charge in [-0.05, 0) is 68.3 Å². The molecule has 2 unspecified atom stereocenters. The molecule has 2 saturated heterocycles. The van der Waals surface area contributed by atoms with Crippen LogP contribution in [0.2, 0.25) is 10.0 Å². The van der Waals surface area contributed by atoms with E-state index in [4.69, 9.17) is 23.2 Å². The lowest BCUT2D eigenvalue weighted by Crippen LogP contribution is -2.56. The Morgan fingerprint density at radius 1 is 1.28 bits per heavy atom. The first-order valence-electron chi connectivity index (χ1n) is 11.4. The fraction of sp³-hybridized carbons (Fsp3) is 0.583. The number of benzene rings is 1. The van der Waals surface area contributed by atoms with Gasteiger partial charge in [0, 0.05) is 26.2 Å². The zero-order valence-corrected chi connectivity index (χ0v) is 19.9. The number of aliphatic hydroxyl groups excluding tert-OH is 1. The van der Waals surface area contributed by atoms with Crippen LogP contribution in [0, 0.1) is 5.41 Å². The molecule has 3 aliphatic rings. The zero-order valence-electron chi connectivity index (χ0n) is 18.4. The number of aliphatic hydroxyl groups is 1. The van der Waals surface area contributed by atoms with Crippen molar-refractivity contribution in [2.24, 2.45) is 5.41 Å². The summed E-state index contributed by atoms with van der Waals surface area (Å²) < 4.78 is 0. The molecular weight excluding hydrogens is 449 g/mol.